The second-order valence-corrected chi connectivity index (χ2v) is 5.92. The number of anilines is 1. The van der Waals surface area contributed by atoms with Crippen molar-refractivity contribution in [1.82, 2.24) is 4.98 Å². The molecule has 1 aromatic heterocycles. The average Bonchev–Trinajstić information content (AvgIpc) is 2.44. The van der Waals surface area contributed by atoms with Crippen LogP contribution >= 0.6 is 11.3 Å². The van der Waals surface area contributed by atoms with E-state index in [1.54, 1.807) is 11.3 Å². The third kappa shape index (κ3) is 2.74. The van der Waals surface area contributed by atoms with Crippen molar-refractivity contribution >= 4 is 16.5 Å². The molecule has 90 valence electrons. The Morgan fingerprint density at radius 1 is 1.25 bits per heavy atom. The van der Waals surface area contributed by atoms with Gasteiger partial charge in [-0.1, -0.05) is 19.3 Å². The van der Waals surface area contributed by atoms with Crippen LogP contribution < -0.4 is 11.1 Å². The van der Waals surface area contributed by atoms with Crippen LogP contribution in [0, 0.1) is 13.8 Å². The lowest BCUT2D eigenvalue weighted by atomic mass is 10.0. The van der Waals surface area contributed by atoms with Crippen LogP contribution in [0.15, 0.2) is 0 Å². The Bertz CT molecular complexity index is 329. The van der Waals surface area contributed by atoms with Crippen molar-refractivity contribution in [3.63, 3.8) is 0 Å². The molecule has 2 rings (SSSR count). The lowest BCUT2D eigenvalue weighted by Crippen LogP contribution is -2.39. The minimum absolute atomic E-state index is 0.284. The van der Waals surface area contributed by atoms with Gasteiger partial charge >= 0.3 is 0 Å². The molecule has 3 N–H and O–H groups in total. The van der Waals surface area contributed by atoms with E-state index in [9.17, 15) is 0 Å². The third-order valence-corrected chi connectivity index (χ3v) is 4.41. The Morgan fingerprint density at radius 2 is 2.00 bits per heavy atom. The van der Waals surface area contributed by atoms with Crippen molar-refractivity contribution in [2.75, 3.05) is 5.32 Å². The van der Waals surface area contributed by atoms with E-state index < -0.39 is 0 Å². The van der Waals surface area contributed by atoms with Gasteiger partial charge in [-0.3, -0.25) is 0 Å². The van der Waals surface area contributed by atoms with Gasteiger partial charge in [0.25, 0.3) is 0 Å². The Hall–Kier alpha value is -0.610. The number of hydrogen-bond acceptors (Lipinski definition) is 4. The zero-order chi connectivity index (χ0) is 11.5. The number of rotatable bonds is 2. The molecule has 0 saturated heterocycles. The van der Waals surface area contributed by atoms with Gasteiger partial charge in [0.15, 0.2) is 5.13 Å². The summed E-state index contributed by atoms with van der Waals surface area (Å²) in [7, 11) is 0. The number of nitrogens with two attached hydrogens (primary N) is 1. The number of nitrogens with one attached hydrogen (secondary N) is 1. The Labute approximate surface area is 101 Å². The molecule has 0 radical (unpaired) electrons. The van der Waals surface area contributed by atoms with E-state index in [2.05, 4.69) is 24.1 Å². The average molecular weight is 239 g/mol. The van der Waals surface area contributed by atoms with Crippen molar-refractivity contribution in [1.29, 1.82) is 0 Å². The van der Waals surface area contributed by atoms with Crippen molar-refractivity contribution < 1.29 is 0 Å². The van der Waals surface area contributed by atoms with Crippen molar-refractivity contribution in [3.8, 4) is 0 Å². The van der Waals surface area contributed by atoms with Crippen LogP contribution in [-0.2, 0) is 0 Å². The minimum atomic E-state index is 0.284. The van der Waals surface area contributed by atoms with Gasteiger partial charge in [0.05, 0.1) is 5.69 Å². The maximum absolute atomic E-state index is 6.19. The molecule has 0 spiro atoms. The molecule has 1 aromatic rings. The highest BCUT2D eigenvalue weighted by atomic mass is 32.1. The van der Waals surface area contributed by atoms with Crippen LogP contribution in [0.3, 0.4) is 0 Å². The van der Waals surface area contributed by atoms with Crippen LogP contribution in [0.2, 0.25) is 0 Å². The topological polar surface area (TPSA) is 50.9 Å². The summed E-state index contributed by atoms with van der Waals surface area (Å²) >= 11 is 1.74. The first-order valence-corrected chi connectivity index (χ1v) is 6.94. The van der Waals surface area contributed by atoms with Crippen LogP contribution in [0.25, 0.3) is 0 Å². The number of nitrogens with zero attached hydrogens (tertiary/aromatic N) is 1. The van der Waals surface area contributed by atoms with Gasteiger partial charge in [0, 0.05) is 17.0 Å². The van der Waals surface area contributed by atoms with Crippen LogP contribution in [0.4, 0.5) is 5.13 Å². The molecule has 1 aliphatic carbocycles. The molecule has 0 amide bonds. The minimum Gasteiger partial charge on any atom is -0.357 e. The summed E-state index contributed by atoms with van der Waals surface area (Å²) in [6.07, 6.45) is 6.20. The van der Waals surface area contributed by atoms with E-state index in [1.807, 2.05) is 0 Å². The quantitative estimate of drug-likeness (QED) is 0.780. The molecule has 16 heavy (non-hydrogen) atoms. The Balaban J connectivity index is 2.01. The molecule has 0 aliphatic heterocycles. The molecule has 3 nitrogen and oxygen atoms in total. The van der Waals surface area contributed by atoms with E-state index in [1.165, 1.54) is 30.6 Å². The van der Waals surface area contributed by atoms with Gasteiger partial charge in [-0.25, -0.2) is 4.98 Å². The second-order valence-electron chi connectivity index (χ2n) is 4.71. The smallest absolute Gasteiger partial charge is 0.183 e. The zero-order valence-corrected chi connectivity index (χ0v) is 10.9. The molecule has 0 bridgehead atoms. The van der Waals surface area contributed by atoms with Crippen LogP contribution in [-0.4, -0.2) is 17.1 Å². The molecule has 1 heterocycles. The second kappa shape index (κ2) is 5.15. The maximum atomic E-state index is 6.19. The fourth-order valence-corrected chi connectivity index (χ4v) is 3.08. The molecule has 1 fully saturated rings. The van der Waals surface area contributed by atoms with Crippen molar-refractivity contribution in [2.24, 2.45) is 5.73 Å². The van der Waals surface area contributed by atoms with Crippen molar-refractivity contribution in [3.05, 3.63) is 10.6 Å². The normalized spacial score (nSPS) is 26.4. The van der Waals surface area contributed by atoms with Crippen LogP contribution in [0.5, 0.6) is 0 Å². The summed E-state index contributed by atoms with van der Waals surface area (Å²) in [4.78, 5) is 5.82. The van der Waals surface area contributed by atoms with Crippen LogP contribution in [0.1, 0.15) is 42.7 Å². The van der Waals surface area contributed by atoms with Gasteiger partial charge in [0.2, 0.25) is 0 Å². The summed E-state index contributed by atoms with van der Waals surface area (Å²) in [5.41, 5.74) is 7.32. The summed E-state index contributed by atoms with van der Waals surface area (Å²) in [6.45, 7) is 4.18. The molecule has 4 heteroatoms. The first-order valence-electron chi connectivity index (χ1n) is 6.13. The van der Waals surface area contributed by atoms with Gasteiger partial charge in [-0.2, -0.15) is 0 Å². The predicted octanol–water partition coefficient (Wildman–Crippen LogP) is 2.83. The molecule has 1 saturated carbocycles. The van der Waals surface area contributed by atoms with E-state index in [4.69, 9.17) is 5.73 Å². The molecular formula is C12H21N3S. The molecule has 1 aliphatic rings. The van der Waals surface area contributed by atoms with E-state index in [-0.39, 0.29) is 6.04 Å². The first kappa shape index (κ1) is 11.9. The zero-order valence-electron chi connectivity index (χ0n) is 10.1. The number of hydrogen-bond donors (Lipinski definition) is 2. The third-order valence-electron chi connectivity index (χ3n) is 3.41. The van der Waals surface area contributed by atoms with E-state index in [0.717, 1.165) is 17.2 Å². The monoisotopic (exact) mass is 239 g/mol. The molecular weight excluding hydrogens is 218 g/mol. The molecule has 0 aromatic carbocycles. The lowest BCUT2D eigenvalue weighted by molar-refractivity contribution is 0.528. The number of aromatic nitrogens is 1. The Morgan fingerprint density at radius 3 is 2.69 bits per heavy atom. The van der Waals surface area contributed by atoms with Gasteiger partial charge in [0.1, 0.15) is 0 Å². The fraction of sp³-hybridized carbons (Fsp3) is 0.750. The highest BCUT2D eigenvalue weighted by Gasteiger charge is 2.21. The number of thiazole rings is 1. The molecule has 2 unspecified atom stereocenters. The SMILES string of the molecule is Cc1nc(NC2CCCCCC2N)sc1C. The van der Waals surface area contributed by atoms with Gasteiger partial charge in [-0.05, 0) is 26.7 Å². The van der Waals surface area contributed by atoms with Gasteiger partial charge < -0.3 is 11.1 Å². The van der Waals surface area contributed by atoms with E-state index in [0.29, 0.717) is 6.04 Å². The Kier molecular flexibility index (Phi) is 3.82. The first-order chi connectivity index (χ1) is 7.66. The summed E-state index contributed by atoms with van der Waals surface area (Å²) in [5, 5.41) is 4.55. The summed E-state index contributed by atoms with van der Waals surface area (Å²) in [6, 6.07) is 0.694. The summed E-state index contributed by atoms with van der Waals surface area (Å²) in [5.74, 6) is 0. The molecule has 2 atom stereocenters. The predicted molar refractivity (Wildman–Crippen MR) is 70.1 cm³/mol. The maximum Gasteiger partial charge on any atom is 0.183 e. The van der Waals surface area contributed by atoms with E-state index >= 15 is 0 Å². The van der Waals surface area contributed by atoms with Crippen molar-refractivity contribution in [2.45, 2.75) is 58.0 Å². The summed E-state index contributed by atoms with van der Waals surface area (Å²) < 4.78 is 0. The highest BCUT2D eigenvalue weighted by molar-refractivity contribution is 7.15. The van der Waals surface area contributed by atoms with Gasteiger partial charge in [-0.15, -0.1) is 11.3 Å². The largest absolute Gasteiger partial charge is 0.357 e. The highest BCUT2D eigenvalue weighted by Crippen LogP contribution is 2.25. The fourth-order valence-electron chi connectivity index (χ4n) is 2.21. The number of aryl methyl sites for hydroxylation is 2. The standard InChI is InChI=1S/C12H21N3S/c1-8-9(2)16-12(14-8)15-11-7-5-3-4-6-10(11)13/h10-11H,3-7,13H2,1-2H3,(H,14,15). The lowest BCUT2D eigenvalue weighted by Gasteiger charge is -2.22.